The zero-order valence-corrected chi connectivity index (χ0v) is 16.0. The molecule has 0 saturated heterocycles. The summed E-state index contributed by atoms with van der Waals surface area (Å²) in [6.07, 6.45) is -3.18. The van der Waals surface area contributed by atoms with Crippen LogP contribution in [0.3, 0.4) is 0 Å². The second kappa shape index (κ2) is 9.27. The number of hydrogen-bond donors (Lipinski definition) is 1. The van der Waals surface area contributed by atoms with Gasteiger partial charge >= 0.3 is 12.1 Å². The van der Waals surface area contributed by atoms with Crippen LogP contribution in [0.15, 0.2) is 48.5 Å². The maximum absolute atomic E-state index is 12.5. The van der Waals surface area contributed by atoms with Gasteiger partial charge in [0.15, 0.2) is 6.10 Å². The minimum Gasteiger partial charge on any atom is -0.495 e. The van der Waals surface area contributed by atoms with Crippen LogP contribution in [-0.2, 0) is 20.5 Å². The van der Waals surface area contributed by atoms with Gasteiger partial charge in [-0.2, -0.15) is 13.2 Å². The number of nitrogens with one attached hydrogen (secondary N) is 1. The Balaban J connectivity index is 1.95. The molecule has 0 radical (unpaired) electrons. The molecule has 0 unspecified atom stereocenters. The second-order valence-corrected chi connectivity index (χ2v) is 6.23. The lowest BCUT2D eigenvalue weighted by Gasteiger charge is -2.15. The van der Waals surface area contributed by atoms with Crippen molar-refractivity contribution >= 4 is 23.6 Å². The van der Waals surface area contributed by atoms with E-state index in [4.69, 9.17) is 9.47 Å². The molecular weight excluding hydrogens is 387 g/mol. The number of methoxy groups -OCH3 is 1. The number of amides is 1. The zero-order valence-electron chi connectivity index (χ0n) is 16.0. The lowest BCUT2D eigenvalue weighted by molar-refractivity contribution is -0.148. The van der Waals surface area contributed by atoms with Crippen LogP contribution >= 0.6 is 0 Å². The number of esters is 1. The highest BCUT2D eigenvalue weighted by atomic mass is 19.4. The van der Waals surface area contributed by atoms with Crippen molar-refractivity contribution in [3.8, 4) is 5.75 Å². The third-order valence-electron chi connectivity index (χ3n) is 3.92. The van der Waals surface area contributed by atoms with E-state index in [1.54, 1.807) is 12.1 Å². The Morgan fingerprint density at radius 3 is 2.34 bits per heavy atom. The number of benzene rings is 2. The molecule has 8 heteroatoms. The lowest BCUT2D eigenvalue weighted by atomic mass is 10.1. The van der Waals surface area contributed by atoms with E-state index >= 15 is 0 Å². The number of hydrogen-bond acceptors (Lipinski definition) is 4. The van der Waals surface area contributed by atoms with Crippen molar-refractivity contribution in [3.05, 3.63) is 65.2 Å². The van der Waals surface area contributed by atoms with Gasteiger partial charge in [-0.25, -0.2) is 4.79 Å². The first-order chi connectivity index (χ1) is 13.6. The van der Waals surface area contributed by atoms with Gasteiger partial charge in [0.1, 0.15) is 5.75 Å². The molecule has 2 rings (SSSR count). The summed E-state index contributed by atoms with van der Waals surface area (Å²) >= 11 is 0. The summed E-state index contributed by atoms with van der Waals surface area (Å²) in [7, 11) is 1.47. The Morgan fingerprint density at radius 2 is 1.76 bits per heavy atom. The molecule has 154 valence electrons. The number of anilines is 1. The van der Waals surface area contributed by atoms with Crippen LogP contribution < -0.4 is 10.1 Å². The van der Waals surface area contributed by atoms with E-state index in [-0.39, 0.29) is 0 Å². The summed E-state index contributed by atoms with van der Waals surface area (Å²) in [6, 6.07) is 9.53. The monoisotopic (exact) mass is 407 g/mol. The van der Waals surface area contributed by atoms with Crippen molar-refractivity contribution in [2.75, 3.05) is 12.4 Å². The fourth-order valence-corrected chi connectivity index (χ4v) is 2.37. The SMILES string of the molecule is COc1ccc(C)cc1NC(=O)[C@@H](C)OC(=O)/C=C/c1ccc(C(F)(F)F)cc1. The number of alkyl halides is 3. The lowest BCUT2D eigenvalue weighted by Crippen LogP contribution is -2.29. The van der Waals surface area contributed by atoms with Gasteiger partial charge in [0.25, 0.3) is 5.91 Å². The first-order valence-corrected chi connectivity index (χ1v) is 8.61. The van der Waals surface area contributed by atoms with Crippen LogP contribution in [0, 0.1) is 6.92 Å². The smallest absolute Gasteiger partial charge is 0.416 e. The molecule has 0 fully saturated rings. The Bertz CT molecular complexity index is 905. The Morgan fingerprint density at radius 1 is 1.10 bits per heavy atom. The van der Waals surface area contributed by atoms with Crippen molar-refractivity contribution in [2.45, 2.75) is 26.1 Å². The van der Waals surface area contributed by atoms with Gasteiger partial charge in [-0.1, -0.05) is 18.2 Å². The molecule has 1 N–H and O–H groups in total. The van der Waals surface area contributed by atoms with E-state index in [0.717, 1.165) is 23.8 Å². The van der Waals surface area contributed by atoms with Gasteiger partial charge in [0.05, 0.1) is 18.4 Å². The maximum Gasteiger partial charge on any atom is 0.416 e. The van der Waals surface area contributed by atoms with E-state index in [9.17, 15) is 22.8 Å². The molecule has 2 aromatic carbocycles. The van der Waals surface area contributed by atoms with Crippen LogP contribution in [0.1, 0.15) is 23.6 Å². The van der Waals surface area contributed by atoms with Crippen molar-refractivity contribution < 1.29 is 32.2 Å². The predicted octanol–water partition coefficient (Wildman–Crippen LogP) is 4.61. The zero-order chi connectivity index (χ0) is 21.6. The van der Waals surface area contributed by atoms with E-state index in [1.807, 2.05) is 13.0 Å². The topological polar surface area (TPSA) is 64.6 Å². The minimum absolute atomic E-state index is 0.386. The molecule has 0 heterocycles. The molecule has 1 atom stereocenters. The summed E-state index contributed by atoms with van der Waals surface area (Å²) in [5.41, 5.74) is 0.955. The van der Waals surface area contributed by atoms with Crippen molar-refractivity contribution in [3.63, 3.8) is 0 Å². The first kappa shape index (κ1) is 22.0. The Labute approximate surface area is 166 Å². The van der Waals surface area contributed by atoms with Crippen LogP contribution in [0.5, 0.6) is 5.75 Å². The van der Waals surface area contributed by atoms with Crippen LogP contribution in [0.4, 0.5) is 18.9 Å². The largest absolute Gasteiger partial charge is 0.495 e. The number of ether oxygens (including phenoxy) is 2. The van der Waals surface area contributed by atoms with E-state index in [1.165, 1.54) is 32.2 Å². The van der Waals surface area contributed by atoms with E-state index in [2.05, 4.69) is 5.32 Å². The normalized spacial score (nSPS) is 12.5. The predicted molar refractivity (Wildman–Crippen MR) is 102 cm³/mol. The van der Waals surface area contributed by atoms with Gasteiger partial charge < -0.3 is 14.8 Å². The van der Waals surface area contributed by atoms with Gasteiger partial charge in [0, 0.05) is 6.08 Å². The van der Waals surface area contributed by atoms with Crippen molar-refractivity contribution in [1.29, 1.82) is 0 Å². The van der Waals surface area contributed by atoms with E-state index < -0.39 is 29.7 Å². The highest BCUT2D eigenvalue weighted by molar-refractivity contribution is 5.97. The average Bonchev–Trinajstić information content (AvgIpc) is 2.66. The van der Waals surface area contributed by atoms with Gasteiger partial charge in [-0.15, -0.1) is 0 Å². The summed E-state index contributed by atoms with van der Waals surface area (Å²) in [5, 5.41) is 2.63. The second-order valence-electron chi connectivity index (χ2n) is 6.23. The van der Waals surface area contributed by atoms with Gasteiger partial charge in [0.2, 0.25) is 0 Å². The van der Waals surface area contributed by atoms with Crippen LogP contribution in [0.2, 0.25) is 0 Å². The molecule has 0 spiro atoms. The average molecular weight is 407 g/mol. The first-order valence-electron chi connectivity index (χ1n) is 8.61. The van der Waals surface area contributed by atoms with Crippen LogP contribution in [0.25, 0.3) is 6.08 Å². The third kappa shape index (κ3) is 6.38. The fourth-order valence-electron chi connectivity index (χ4n) is 2.37. The molecule has 0 saturated carbocycles. The summed E-state index contributed by atoms with van der Waals surface area (Å²) in [5.74, 6) is -0.890. The molecule has 0 aliphatic heterocycles. The minimum atomic E-state index is -4.43. The summed E-state index contributed by atoms with van der Waals surface area (Å²) in [6.45, 7) is 3.26. The standard InChI is InChI=1S/C21H20F3NO4/c1-13-4-10-18(28-3)17(12-13)25-20(27)14(2)29-19(26)11-7-15-5-8-16(9-6-15)21(22,23)24/h4-12,14H,1-3H3,(H,25,27)/b11-7+/t14-/m1/s1. The van der Waals surface area contributed by atoms with Crippen LogP contribution in [-0.4, -0.2) is 25.1 Å². The van der Waals surface area contributed by atoms with Gasteiger partial charge in [-0.3, -0.25) is 4.79 Å². The number of rotatable bonds is 6. The third-order valence-corrected chi connectivity index (χ3v) is 3.92. The molecule has 5 nitrogen and oxygen atoms in total. The quantitative estimate of drug-likeness (QED) is 0.561. The molecule has 29 heavy (non-hydrogen) atoms. The molecular formula is C21H20F3NO4. The molecule has 0 aromatic heterocycles. The molecule has 2 aromatic rings. The molecule has 0 aliphatic rings. The number of aryl methyl sites for hydroxylation is 1. The highest BCUT2D eigenvalue weighted by Crippen LogP contribution is 2.29. The van der Waals surface area contributed by atoms with Gasteiger partial charge in [-0.05, 0) is 55.3 Å². The van der Waals surface area contributed by atoms with Crippen molar-refractivity contribution in [1.82, 2.24) is 0 Å². The van der Waals surface area contributed by atoms with E-state index in [0.29, 0.717) is 17.0 Å². The summed E-state index contributed by atoms with van der Waals surface area (Å²) < 4.78 is 47.8. The fraction of sp³-hybridized carbons (Fsp3) is 0.238. The maximum atomic E-state index is 12.5. The molecule has 0 bridgehead atoms. The van der Waals surface area contributed by atoms with Crippen molar-refractivity contribution in [2.24, 2.45) is 0 Å². The highest BCUT2D eigenvalue weighted by Gasteiger charge is 2.29. The number of halogens is 3. The Kier molecular flexibility index (Phi) is 7.03. The number of carbonyl (C=O) groups excluding carboxylic acids is 2. The molecule has 0 aliphatic carbocycles. The number of carbonyl (C=O) groups is 2. The molecule has 1 amide bonds. The summed E-state index contributed by atoms with van der Waals surface area (Å²) in [4.78, 5) is 24.2. The Hall–Kier alpha value is -3.29.